The third-order valence-electron chi connectivity index (χ3n) is 3.23. The van der Waals surface area contributed by atoms with Gasteiger partial charge in [0.2, 0.25) is 5.91 Å². The first-order chi connectivity index (χ1) is 9.46. The van der Waals surface area contributed by atoms with E-state index in [-0.39, 0.29) is 17.8 Å². The molecular formula is C12H16F3N3OS. The zero-order chi connectivity index (χ0) is 14.6. The van der Waals surface area contributed by atoms with Crippen molar-refractivity contribution in [3.63, 3.8) is 0 Å². The summed E-state index contributed by atoms with van der Waals surface area (Å²) in [5.74, 6) is -0.825. The van der Waals surface area contributed by atoms with Gasteiger partial charge in [0.05, 0.1) is 18.0 Å². The summed E-state index contributed by atoms with van der Waals surface area (Å²) in [6.07, 6.45) is 6.95. The van der Waals surface area contributed by atoms with Crippen LogP contribution in [0.3, 0.4) is 0 Å². The maximum absolute atomic E-state index is 12.0. The molecule has 1 saturated carbocycles. The Bertz CT molecular complexity index is 455. The molecule has 0 aromatic carbocycles. The van der Waals surface area contributed by atoms with Gasteiger partial charge in [-0.15, -0.1) is 0 Å². The molecule has 0 spiro atoms. The fourth-order valence-corrected chi connectivity index (χ4v) is 2.72. The summed E-state index contributed by atoms with van der Waals surface area (Å²) in [6.45, 7) is 0. The van der Waals surface area contributed by atoms with Crippen molar-refractivity contribution < 1.29 is 18.0 Å². The van der Waals surface area contributed by atoms with Crippen LogP contribution < -0.4 is 5.32 Å². The lowest BCUT2D eigenvalue weighted by Crippen LogP contribution is -2.22. The van der Waals surface area contributed by atoms with E-state index in [1.807, 2.05) is 0 Å². The van der Waals surface area contributed by atoms with Crippen LogP contribution in [0.4, 0.5) is 19.0 Å². The van der Waals surface area contributed by atoms with Gasteiger partial charge in [-0.2, -0.15) is 18.3 Å². The number of carbonyl (C=O) groups excluding carboxylic acids is 1. The second-order valence-corrected chi connectivity index (χ2v) is 5.78. The average Bonchev–Trinajstić information content (AvgIpc) is 2.85. The average molecular weight is 307 g/mol. The quantitative estimate of drug-likeness (QED) is 0.925. The lowest BCUT2D eigenvalue weighted by atomic mass is 9.96. The fraction of sp³-hybridized carbons (Fsp3) is 0.667. The summed E-state index contributed by atoms with van der Waals surface area (Å²) in [7, 11) is 0. The molecular weight excluding hydrogens is 291 g/mol. The van der Waals surface area contributed by atoms with Crippen LogP contribution in [0.2, 0.25) is 0 Å². The minimum atomic E-state index is -4.39. The number of halogens is 3. The second-order valence-electron chi connectivity index (χ2n) is 4.74. The van der Waals surface area contributed by atoms with E-state index in [1.54, 1.807) is 16.9 Å². The topological polar surface area (TPSA) is 46.9 Å². The molecule has 0 bridgehead atoms. The van der Waals surface area contributed by atoms with Crippen molar-refractivity contribution in [3.05, 3.63) is 12.3 Å². The van der Waals surface area contributed by atoms with Gasteiger partial charge in [0.25, 0.3) is 0 Å². The normalized spacial score (nSPS) is 17.1. The maximum atomic E-state index is 12.0. The predicted molar refractivity (Wildman–Crippen MR) is 71.5 cm³/mol. The molecule has 1 fully saturated rings. The zero-order valence-electron chi connectivity index (χ0n) is 10.8. The molecule has 20 heavy (non-hydrogen) atoms. The minimum Gasteiger partial charge on any atom is -0.310 e. The van der Waals surface area contributed by atoms with Crippen LogP contribution in [0.25, 0.3) is 0 Å². The van der Waals surface area contributed by atoms with Crippen molar-refractivity contribution >= 4 is 23.5 Å². The number of aromatic nitrogens is 2. The van der Waals surface area contributed by atoms with Crippen LogP contribution in [-0.4, -0.2) is 26.9 Å². The van der Waals surface area contributed by atoms with Gasteiger partial charge in [-0.05, 0) is 24.6 Å². The summed E-state index contributed by atoms with van der Waals surface area (Å²) >= 11 is -0.337. The summed E-state index contributed by atoms with van der Waals surface area (Å²) < 4.78 is 37.8. The van der Waals surface area contributed by atoms with Crippen molar-refractivity contribution in [3.8, 4) is 0 Å². The van der Waals surface area contributed by atoms with Gasteiger partial charge in [0, 0.05) is 6.07 Å². The molecule has 1 aromatic rings. The van der Waals surface area contributed by atoms with Crippen molar-refractivity contribution in [2.75, 3.05) is 11.1 Å². The van der Waals surface area contributed by atoms with Gasteiger partial charge in [-0.1, -0.05) is 19.3 Å². The Morgan fingerprint density at radius 1 is 1.40 bits per heavy atom. The molecule has 0 unspecified atom stereocenters. The second kappa shape index (κ2) is 6.51. The highest BCUT2D eigenvalue weighted by Gasteiger charge is 2.29. The maximum Gasteiger partial charge on any atom is 0.442 e. The molecule has 0 aliphatic heterocycles. The number of alkyl halides is 3. The summed E-state index contributed by atoms with van der Waals surface area (Å²) in [5.41, 5.74) is -4.39. The molecule has 0 radical (unpaired) electrons. The Hall–Kier alpha value is -1.18. The number of nitrogens with zero attached hydrogens (tertiary/aromatic N) is 2. The fourth-order valence-electron chi connectivity index (χ4n) is 2.36. The number of rotatable bonds is 4. The van der Waals surface area contributed by atoms with E-state index in [1.165, 1.54) is 6.42 Å². The monoisotopic (exact) mass is 307 g/mol. The molecule has 2 rings (SSSR count). The largest absolute Gasteiger partial charge is 0.442 e. The number of carbonyl (C=O) groups is 1. The molecule has 1 amide bonds. The van der Waals surface area contributed by atoms with E-state index < -0.39 is 17.2 Å². The lowest BCUT2D eigenvalue weighted by Gasteiger charge is -2.23. The standard InChI is InChI=1S/C12H16F3N3OS/c13-12(14,15)20-8-11(19)17-10-6-7-16-18(10)9-4-2-1-3-5-9/h6-7,9H,1-5,8H2,(H,17,19). The highest BCUT2D eigenvalue weighted by Crippen LogP contribution is 2.31. The Balaban J connectivity index is 1.92. The number of hydrogen-bond donors (Lipinski definition) is 1. The lowest BCUT2D eigenvalue weighted by molar-refractivity contribution is -0.114. The van der Waals surface area contributed by atoms with Crippen LogP contribution in [-0.2, 0) is 4.79 Å². The molecule has 1 heterocycles. The summed E-state index contributed by atoms with van der Waals surface area (Å²) in [6, 6.07) is 1.84. The number of anilines is 1. The molecule has 1 aliphatic carbocycles. The molecule has 1 aliphatic rings. The molecule has 1 aromatic heterocycles. The first-order valence-corrected chi connectivity index (χ1v) is 7.48. The van der Waals surface area contributed by atoms with Crippen molar-refractivity contribution in [1.29, 1.82) is 0 Å². The summed E-state index contributed by atoms with van der Waals surface area (Å²) in [4.78, 5) is 11.5. The Morgan fingerprint density at radius 3 is 2.75 bits per heavy atom. The number of thioether (sulfide) groups is 1. The van der Waals surface area contributed by atoms with Gasteiger partial charge >= 0.3 is 5.51 Å². The smallest absolute Gasteiger partial charge is 0.310 e. The third-order valence-corrected chi connectivity index (χ3v) is 3.96. The van der Waals surface area contributed by atoms with Crippen LogP contribution in [0.5, 0.6) is 0 Å². The van der Waals surface area contributed by atoms with Crippen molar-refractivity contribution in [1.82, 2.24) is 9.78 Å². The number of amides is 1. The summed E-state index contributed by atoms with van der Waals surface area (Å²) in [5, 5.41) is 6.68. The van der Waals surface area contributed by atoms with E-state index in [4.69, 9.17) is 0 Å². The molecule has 8 heteroatoms. The molecule has 1 N–H and O–H groups in total. The van der Waals surface area contributed by atoms with Gasteiger partial charge in [-0.3, -0.25) is 4.79 Å². The highest BCUT2D eigenvalue weighted by atomic mass is 32.2. The Morgan fingerprint density at radius 2 is 2.10 bits per heavy atom. The SMILES string of the molecule is O=C(CSC(F)(F)F)Nc1ccnn1C1CCCCC1. The minimum absolute atomic E-state index is 0.226. The van der Waals surface area contributed by atoms with Crippen LogP contribution in [0.1, 0.15) is 38.1 Å². The Kier molecular flexibility index (Phi) is 4.95. The molecule has 0 atom stereocenters. The van der Waals surface area contributed by atoms with Crippen molar-refractivity contribution in [2.45, 2.75) is 43.7 Å². The van der Waals surface area contributed by atoms with E-state index >= 15 is 0 Å². The molecule has 0 saturated heterocycles. The van der Waals surface area contributed by atoms with Crippen LogP contribution in [0, 0.1) is 0 Å². The molecule has 4 nitrogen and oxygen atoms in total. The third kappa shape index (κ3) is 4.43. The van der Waals surface area contributed by atoms with Gasteiger partial charge in [0.15, 0.2) is 0 Å². The van der Waals surface area contributed by atoms with Gasteiger partial charge < -0.3 is 5.32 Å². The first kappa shape index (κ1) is 15.2. The Labute approximate surface area is 119 Å². The van der Waals surface area contributed by atoms with Gasteiger partial charge in [-0.25, -0.2) is 4.68 Å². The highest BCUT2D eigenvalue weighted by molar-refractivity contribution is 8.00. The number of hydrogen-bond acceptors (Lipinski definition) is 3. The predicted octanol–water partition coefficient (Wildman–Crippen LogP) is 3.58. The zero-order valence-corrected chi connectivity index (χ0v) is 11.6. The van der Waals surface area contributed by atoms with Gasteiger partial charge in [0.1, 0.15) is 5.82 Å². The van der Waals surface area contributed by atoms with E-state index in [0.717, 1.165) is 25.7 Å². The van der Waals surface area contributed by atoms with E-state index in [0.29, 0.717) is 5.82 Å². The van der Waals surface area contributed by atoms with E-state index in [2.05, 4.69) is 10.4 Å². The first-order valence-electron chi connectivity index (χ1n) is 6.50. The number of nitrogens with one attached hydrogen (secondary N) is 1. The van der Waals surface area contributed by atoms with Crippen LogP contribution >= 0.6 is 11.8 Å². The molecule has 112 valence electrons. The van der Waals surface area contributed by atoms with E-state index in [9.17, 15) is 18.0 Å². The van der Waals surface area contributed by atoms with Crippen LogP contribution in [0.15, 0.2) is 12.3 Å². The van der Waals surface area contributed by atoms with Crippen molar-refractivity contribution in [2.24, 2.45) is 0 Å².